The molecular formula is C10H13ClN2O. The van der Waals surface area contributed by atoms with E-state index in [1.165, 1.54) is 12.8 Å². The van der Waals surface area contributed by atoms with E-state index in [0.717, 1.165) is 11.3 Å². The van der Waals surface area contributed by atoms with Crippen molar-refractivity contribution >= 4 is 11.6 Å². The van der Waals surface area contributed by atoms with Crippen molar-refractivity contribution in [1.29, 1.82) is 0 Å². The fourth-order valence-electron chi connectivity index (χ4n) is 1.56. The van der Waals surface area contributed by atoms with Gasteiger partial charge in [-0.05, 0) is 18.8 Å². The van der Waals surface area contributed by atoms with Crippen LogP contribution in [0, 0.1) is 5.92 Å². The molecule has 3 nitrogen and oxygen atoms in total. The maximum atomic E-state index is 6.06. The van der Waals surface area contributed by atoms with Gasteiger partial charge in [0.15, 0.2) is 0 Å². The molecule has 2 rings (SSSR count). The van der Waals surface area contributed by atoms with Crippen molar-refractivity contribution in [1.82, 2.24) is 4.98 Å². The summed E-state index contributed by atoms with van der Waals surface area (Å²) >= 11 is 5.76. The zero-order valence-electron chi connectivity index (χ0n) is 8.03. The van der Waals surface area contributed by atoms with Crippen molar-refractivity contribution in [3.8, 4) is 5.75 Å². The van der Waals surface area contributed by atoms with Gasteiger partial charge in [0, 0.05) is 23.9 Å². The quantitative estimate of drug-likeness (QED) is 0.782. The zero-order valence-corrected chi connectivity index (χ0v) is 8.79. The third kappa shape index (κ3) is 1.83. The molecule has 0 radical (unpaired) electrons. The van der Waals surface area contributed by atoms with Crippen LogP contribution >= 0.6 is 11.6 Å². The highest BCUT2D eigenvalue weighted by atomic mass is 35.5. The Labute approximate surface area is 88.2 Å². The summed E-state index contributed by atoms with van der Waals surface area (Å²) in [5.74, 6) is 1.33. The van der Waals surface area contributed by atoms with E-state index in [4.69, 9.17) is 22.1 Å². The number of ether oxygens (including phenoxy) is 1. The number of halogens is 1. The van der Waals surface area contributed by atoms with Gasteiger partial charge in [-0.1, -0.05) is 11.6 Å². The molecule has 0 unspecified atom stereocenters. The van der Waals surface area contributed by atoms with E-state index in [1.807, 2.05) is 0 Å². The molecule has 0 amide bonds. The normalized spacial score (nSPS) is 17.9. The maximum absolute atomic E-state index is 6.06. The van der Waals surface area contributed by atoms with Crippen molar-refractivity contribution < 1.29 is 4.74 Å². The summed E-state index contributed by atoms with van der Waals surface area (Å²) in [4.78, 5) is 4.02. The number of hydrogen-bond donors (Lipinski definition) is 1. The Morgan fingerprint density at radius 1 is 1.64 bits per heavy atom. The lowest BCUT2D eigenvalue weighted by Crippen LogP contribution is -2.13. The van der Waals surface area contributed by atoms with Gasteiger partial charge in [0.1, 0.15) is 10.9 Å². The SMILES string of the molecule is COc1cc(Cl)ncc1[C@@H](N)C1CC1. The number of methoxy groups -OCH3 is 1. The van der Waals surface area contributed by atoms with E-state index in [2.05, 4.69) is 4.98 Å². The lowest BCUT2D eigenvalue weighted by molar-refractivity contribution is 0.402. The van der Waals surface area contributed by atoms with Gasteiger partial charge in [-0.25, -0.2) is 4.98 Å². The van der Waals surface area contributed by atoms with Crippen molar-refractivity contribution in [2.24, 2.45) is 11.7 Å². The van der Waals surface area contributed by atoms with Crippen LogP contribution in [0.2, 0.25) is 5.15 Å². The smallest absolute Gasteiger partial charge is 0.132 e. The number of aromatic nitrogens is 1. The lowest BCUT2D eigenvalue weighted by Gasteiger charge is -2.14. The molecule has 1 aliphatic carbocycles. The molecule has 1 aliphatic rings. The number of hydrogen-bond acceptors (Lipinski definition) is 3. The lowest BCUT2D eigenvalue weighted by atomic mass is 10.0. The minimum Gasteiger partial charge on any atom is -0.496 e. The number of pyridine rings is 1. The molecule has 76 valence electrons. The largest absolute Gasteiger partial charge is 0.496 e. The second kappa shape index (κ2) is 3.75. The van der Waals surface area contributed by atoms with Gasteiger partial charge in [-0.3, -0.25) is 0 Å². The molecule has 1 heterocycles. The second-order valence-corrected chi connectivity index (χ2v) is 4.00. The minimum absolute atomic E-state index is 0.0368. The van der Waals surface area contributed by atoms with E-state index in [1.54, 1.807) is 19.4 Å². The summed E-state index contributed by atoms with van der Waals surface area (Å²) in [6, 6.07) is 1.74. The predicted molar refractivity (Wildman–Crippen MR) is 55.5 cm³/mol. The maximum Gasteiger partial charge on any atom is 0.132 e. The Kier molecular flexibility index (Phi) is 2.61. The Balaban J connectivity index is 2.30. The molecule has 0 aliphatic heterocycles. The van der Waals surface area contributed by atoms with E-state index >= 15 is 0 Å². The van der Waals surface area contributed by atoms with Crippen molar-refractivity contribution in [3.05, 3.63) is 23.0 Å². The summed E-state index contributed by atoms with van der Waals surface area (Å²) in [6.07, 6.45) is 4.12. The van der Waals surface area contributed by atoms with Crippen LogP contribution in [-0.4, -0.2) is 12.1 Å². The first-order valence-electron chi connectivity index (χ1n) is 4.67. The molecule has 0 bridgehead atoms. The molecule has 1 fully saturated rings. The number of rotatable bonds is 3. The number of nitrogens with two attached hydrogens (primary N) is 1. The molecule has 1 aromatic heterocycles. The fraction of sp³-hybridized carbons (Fsp3) is 0.500. The van der Waals surface area contributed by atoms with Crippen LogP contribution in [0.3, 0.4) is 0 Å². The summed E-state index contributed by atoms with van der Waals surface area (Å²) in [6.45, 7) is 0. The molecule has 0 spiro atoms. The average Bonchev–Trinajstić information content (AvgIpc) is 3.00. The molecule has 14 heavy (non-hydrogen) atoms. The van der Waals surface area contributed by atoms with Crippen LogP contribution in [0.5, 0.6) is 5.75 Å². The molecule has 1 aromatic rings. The van der Waals surface area contributed by atoms with Gasteiger partial charge in [0.25, 0.3) is 0 Å². The molecule has 1 saturated carbocycles. The number of nitrogens with zero attached hydrogens (tertiary/aromatic N) is 1. The van der Waals surface area contributed by atoms with Crippen molar-refractivity contribution in [2.45, 2.75) is 18.9 Å². The Morgan fingerprint density at radius 2 is 2.36 bits per heavy atom. The highest BCUT2D eigenvalue weighted by Gasteiger charge is 2.31. The van der Waals surface area contributed by atoms with Gasteiger partial charge < -0.3 is 10.5 Å². The molecule has 1 atom stereocenters. The van der Waals surface area contributed by atoms with Gasteiger partial charge in [-0.15, -0.1) is 0 Å². The van der Waals surface area contributed by atoms with Gasteiger partial charge >= 0.3 is 0 Å². The van der Waals surface area contributed by atoms with Crippen molar-refractivity contribution in [2.75, 3.05) is 7.11 Å². The van der Waals surface area contributed by atoms with Crippen molar-refractivity contribution in [3.63, 3.8) is 0 Å². The third-order valence-electron chi connectivity index (χ3n) is 2.57. The first-order valence-corrected chi connectivity index (χ1v) is 5.05. The van der Waals surface area contributed by atoms with Crippen LogP contribution in [0.1, 0.15) is 24.4 Å². The minimum atomic E-state index is 0.0368. The van der Waals surface area contributed by atoms with E-state index in [9.17, 15) is 0 Å². The van der Waals surface area contributed by atoms with E-state index < -0.39 is 0 Å². The van der Waals surface area contributed by atoms with E-state index in [0.29, 0.717) is 11.1 Å². The van der Waals surface area contributed by atoms with E-state index in [-0.39, 0.29) is 6.04 Å². The summed E-state index contributed by atoms with van der Waals surface area (Å²) in [7, 11) is 1.62. The molecule has 2 N–H and O–H groups in total. The van der Waals surface area contributed by atoms with Gasteiger partial charge in [0.2, 0.25) is 0 Å². The standard InChI is InChI=1S/C10H13ClN2O/c1-14-8-4-9(11)13-5-7(8)10(12)6-2-3-6/h4-6,10H,2-3,12H2,1H3/t10-/m0/s1. The Hall–Kier alpha value is -0.800. The summed E-state index contributed by atoms with van der Waals surface area (Å²) in [5.41, 5.74) is 7.02. The monoisotopic (exact) mass is 212 g/mol. The van der Waals surface area contributed by atoms with Crippen LogP contribution in [-0.2, 0) is 0 Å². The first-order chi connectivity index (χ1) is 6.72. The highest BCUT2D eigenvalue weighted by Crippen LogP contribution is 2.42. The highest BCUT2D eigenvalue weighted by molar-refractivity contribution is 6.29. The topological polar surface area (TPSA) is 48.1 Å². The molecular weight excluding hydrogens is 200 g/mol. The predicted octanol–water partition coefficient (Wildman–Crippen LogP) is 2.15. The van der Waals surface area contributed by atoms with Gasteiger partial charge in [-0.2, -0.15) is 0 Å². The Morgan fingerprint density at radius 3 is 2.93 bits per heavy atom. The van der Waals surface area contributed by atoms with Crippen LogP contribution < -0.4 is 10.5 Å². The molecule has 0 aromatic carbocycles. The summed E-state index contributed by atoms with van der Waals surface area (Å²) < 4.78 is 5.22. The van der Waals surface area contributed by atoms with Crippen LogP contribution in [0.4, 0.5) is 0 Å². The molecule has 0 saturated heterocycles. The fourth-order valence-corrected chi connectivity index (χ4v) is 1.71. The van der Waals surface area contributed by atoms with Crippen LogP contribution in [0.25, 0.3) is 0 Å². The third-order valence-corrected chi connectivity index (χ3v) is 2.78. The Bertz CT molecular complexity index is 339. The summed E-state index contributed by atoms with van der Waals surface area (Å²) in [5, 5.41) is 0.439. The van der Waals surface area contributed by atoms with Gasteiger partial charge in [0.05, 0.1) is 7.11 Å². The first kappa shape index (κ1) is 9.74. The molecule has 4 heteroatoms. The zero-order chi connectivity index (χ0) is 10.1. The average molecular weight is 213 g/mol. The second-order valence-electron chi connectivity index (χ2n) is 3.61. The van der Waals surface area contributed by atoms with Crippen LogP contribution in [0.15, 0.2) is 12.3 Å².